The van der Waals surface area contributed by atoms with E-state index < -0.39 is 11.4 Å². The van der Waals surface area contributed by atoms with Crippen molar-refractivity contribution in [3.63, 3.8) is 0 Å². The maximum absolute atomic E-state index is 13.8. The number of nitrogens with zero attached hydrogens (tertiary/aromatic N) is 3. The van der Waals surface area contributed by atoms with E-state index in [4.69, 9.17) is 4.74 Å². The van der Waals surface area contributed by atoms with Gasteiger partial charge in [0.2, 0.25) is 5.88 Å². The third kappa shape index (κ3) is 3.37. The van der Waals surface area contributed by atoms with Crippen LogP contribution < -0.4 is 5.56 Å². The van der Waals surface area contributed by atoms with Crippen LogP contribution in [0, 0.1) is 24.1 Å². The highest BCUT2D eigenvalue weighted by atomic mass is 19.1. The number of hydrogen-bond acceptors (Lipinski definition) is 5. The van der Waals surface area contributed by atoms with Gasteiger partial charge in [0.25, 0.3) is 5.56 Å². The third-order valence-corrected chi connectivity index (χ3v) is 4.44. The van der Waals surface area contributed by atoms with Crippen molar-refractivity contribution < 1.29 is 14.2 Å². The first kappa shape index (κ1) is 17.8. The number of hydrogen-bond donors (Lipinski definition) is 1. The van der Waals surface area contributed by atoms with Gasteiger partial charge in [0.1, 0.15) is 17.4 Å². The number of rotatable bonds is 4. The average molecular weight is 355 g/mol. The smallest absolute Gasteiger partial charge is 0.271 e. The van der Waals surface area contributed by atoms with Crippen molar-refractivity contribution in [2.45, 2.75) is 32.4 Å². The Labute approximate surface area is 149 Å². The molecule has 0 radical (unpaired) electrons. The fourth-order valence-corrected chi connectivity index (χ4v) is 2.98. The van der Waals surface area contributed by atoms with E-state index in [1.165, 1.54) is 18.3 Å². The Morgan fingerprint density at radius 2 is 2.27 bits per heavy atom. The number of nitriles is 1. The van der Waals surface area contributed by atoms with Gasteiger partial charge in [-0.2, -0.15) is 5.26 Å². The molecule has 1 aromatic heterocycles. The Balaban J connectivity index is 2.08. The summed E-state index contributed by atoms with van der Waals surface area (Å²) in [5.74, 6) is -0.809. The Morgan fingerprint density at radius 1 is 1.50 bits per heavy atom. The van der Waals surface area contributed by atoms with Gasteiger partial charge in [-0.3, -0.25) is 14.4 Å². The molecule has 0 bridgehead atoms. The summed E-state index contributed by atoms with van der Waals surface area (Å²) in [5.41, 5.74) is -0.0282. The van der Waals surface area contributed by atoms with Crippen molar-refractivity contribution in [2.75, 3.05) is 6.61 Å². The van der Waals surface area contributed by atoms with Crippen molar-refractivity contribution in [1.29, 1.82) is 5.26 Å². The molecule has 3 rings (SSSR count). The van der Waals surface area contributed by atoms with Crippen molar-refractivity contribution >= 4 is 11.9 Å². The largest absolute Gasteiger partial charge is 0.494 e. The minimum Gasteiger partial charge on any atom is -0.494 e. The van der Waals surface area contributed by atoms with Crippen LogP contribution in [0.4, 0.5) is 10.1 Å². The fourth-order valence-electron chi connectivity index (χ4n) is 2.98. The number of aliphatic imine (C=N–C) groups is 1. The van der Waals surface area contributed by atoms with E-state index in [-0.39, 0.29) is 35.3 Å². The topological polar surface area (TPSA) is 87.6 Å². The quantitative estimate of drug-likeness (QED) is 0.854. The van der Waals surface area contributed by atoms with E-state index in [1.807, 2.05) is 6.07 Å². The van der Waals surface area contributed by atoms with Gasteiger partial charge >= 0.3 is 0 Å². The van der Waals surface area contributed by atoms with E-state index in [1.54, 1.807) is 19.1 Å². The number of pyridine rings is 1. The van der Waals surface area contributed by atoms with Crippen LogP contribution in [-0.2, 0) is 11.3 Å². The molecular formula is C19H18FN3O3. The summed E-state index contributed by atoms with van der Waals surface area (Å²) < 4.78 is 20.4. The molecule has 2 heterocycles. The minimum atomic E-state index is -0.568. The monoisotopic (exact) mass is 355 g/mol. The van der Waals surface area contributed by atoms with Gasteiger partial charge in [-0.25, -0.2) is 4.39 Å². The number of ether oxygens (including phenoxy) is 1. The number of halogens is 1. The predicted octanol–water partition coefficient (Wildman–Crippen LogP) is 2.80. The van der Waals surface area contributed by atoms with Crippen LogP contribution in [0.15, 0.2) is 34.1 Å². The third-order valence-electron chi connectivity index (χ3n) is 4.44. The second-order valence-corrected chi connectivity index (χ2v) is 6.11. The standard InChI is InChI=1S/C19H18FN3O3/c1-12-14(9-21)18(24)23(11-13-5-4-8-26-13)19(25)15(12)10-22-17-7-3-2-6-16(17)20/h2-3,6-7,10,13,25H,4-5,8,11H2,1H3. The van der Waals surface area contributed by atoms with Crippen LogP contribution in [-0.4, -0.2) is 28.6 Å². The van der Waals surface area contributed by atoms with Gasteiger partial charge in [0.15, 0.2) is 0 Å². The van der Waals surface area contributed by atoms with Gasteiger partial charge in [-0.1, -0.05) is 12.1 Å². The molecule has 1 aliphatic heterocycles. The van der Waals surface area contributed by atoms with Crippen molar-refractivity contribution in [2.24, 2.45) is 4.99 Å². The Hall–Kier alpha value is -2.98. The van der Waals surface area contributed by atoms with Crippen molar-refractivity contribution in [3.05, 3.63) is 57.1 Å². The van der Waals surface area contributed by atoms with E-state index in [9.17, 15) is 19.6 Å². The summed E-state index contributed by atoms with van der Waals surface area (Å²) in [6, 6.07) is 7.84. The van der Waals surface area contributed by atoms with Crippen LogP contribution in [0.3, 0.4) is 0 Å². The molecule has 6 nitrogen and oxygen atoms in total. The van der Waals surface area contributed by atoms with Gasteiger partial charge in [-0.05, 0) is 37.5 Å². The maximum Gasteiger partial charge on any atom is 0.271 e. The lowest BCUT2D eigenvalue weighted by molar-refractivity contribution is 0.0938. The molecule has 1 aromatic carbocycles. The molecule has 1 aliphatic rings. The highest BCUT2D eigenvalue weighted by Crippen LogP contribution is 2.24. The minimum absolute atomic E-state index is 0.0734. The maximum atomic E-state index is 13.8. The molecule has 134 valence electrons. The van der Waals surface area contributed by atoms with E-state index in [2.05, 4.69) is 4.99 Å². The lowest BCUT2D eigenvalue weighted by atomic mass is 10.1. The summed E-state index contributed by atoms with van der Waals surface area (Å²) in [7, 11) is 0. The first-order valence-electron chi connectivity index (χ1n) is 8.29. The zero-order valence-corrected chi connectivity index (χ0v) is 14.3. The van der Waals surface area contributed by atoms with Crippen LogP contribution >= 0.6 is 0 Å². The van der Waals surface area contributed by atoms with E-state index >= 15 is 0 Å². The molecule has 0 saturated carbocycles. The van der Waals surface area contributed by atoms with Crippen LogP contribution in [0.1, 0.15) is 29.5 Å². The lowest BCUT2D eigenvalue weighted by Crippen LogP contribution is -2.29. The van der Waals surface area contributed by atoms with Crippen molar-refractivity contribution in [1.82, 2.24) is 4.57 Å². The van der Waals surface area contributed by atoms with Crippen LogP contribution in [0.25, 0.3) is 0 Å². The molecule has 0 aliphatic carbocycles. The van der Waals surface area contributed by atoms with Crippen LogP contribution in [0.5, 0.6) is 5.88 Å². The van der Waals surface area contributed by atoms with Gasteiger partial charge < -0.3 is 9.84 Å². The summed E-state index contributed by atoms with van der Waals surface area (Å²) in [6.45, 7) is 2.32. The SMILES string of the molecule is Cc1c(C=Nc2ccccc2F)c(O)n(CC2CCCO2)c(=O)c1C#N. The lowest BCUT2D eigenvalue weighted by Gasteiger charge is -2.17. The molecule has 1 atom stereocenters. The predicted molar refractivity (Wildman–Crippen MR) is 94.4 cm³/mol. The zero-order valence-electron chi connectivity index (χ0n) is 14.3. The normalized spacial score (nSPS) is 16.9. The fraction of sp³-hybridized carbons (Fsp3) is 0.316. The highest BCUT2D eigenvalue weighted by Gasteiger charge is 2.23. The molecule has 7 heteroatoms. The molecule has 1 saturated heterocycles. The van der Waals surface area contributed by atoms with Gasteiger partial charge in [0, 0.05) is 12.8 Å². The Morgan fingerprint density at radius 3 is 2.92 bits per heavy atom. The molecule has 0 spiro atoms. The van der Waals surface area contributed by atoms with Crippen molar-refractivity contribution in [3.8, 4) is 11.9 Å². The Kier molecular flexibility index (Phi) is 5.14. The van der Waals surface area contributed by atoms with Gasteiger partial charge in [-0.15, -0.1) is 0 Å². The molecule has 0 amide bonds. The summed E-state index contributed by atoms with van der Waals surface area (Å²) in [6.07, 6.45) is 2.75. The number of aromatic nitrogens is 1. The summed E-state index contributed by atoms with van der Waals surface area (Å²) >= 11 is 0. The molecule has 2 aromatic rings. The van der Waals surface area contributed by atoms with Gasteiger partial charge in [0.05, 0.1) is 23.9 Å². The first-order chi connectivity index (χ1) is 12.5. The van der Waals surface area contributed by atoms with E-state index in [0.717, 1.165) is 17.4 Å². The summed E-state index contributed by atoms with van der Waals surface area (Å²) in [4.78, 5) is 16.6. The molecule has 26 heavy (non-hydrogen) atoms. The Bertz CT molecular complexity index is 954. The summed E-state index contributed by atoms with van der Waals surface area (Å²) in [5, 5.41) is 19.9. The zero-order chi connectivity index (χ0) is 18.7. The number of aromatic hydroxyl groups is 1. The van der Waals surface area contributed by atoms with Crippen LogP contribution in [0.2, 0.25) is 0 Å². The first-order valence-corrected chi connectivity index (χ1v) is 8.29. The highest BCUT2D eigenvalue weighted by molar-refractivity contribution is 5.87. The second-order valence-electron chi connectivity index (χ2n) is 6.11. The molecule has 1 N–H and O–H groups in total. The molecule has 1 fully saturated rings. The molecule has 1 unspecified atom stereocenters. The average Bonchev–Trinajstić information content (AvgIpc) is 3.14. The second kappa shape index (κ2) is 7.50. The van der Waals surface area contributed by atoms with E-state index in [0.29, 0.717) is 12.2 Å². The number of para-hydroxylation sites is 1. The molecular weight excluding hydrogens is 337 g/mol. The number of benzene rings is 1.